The second-order valence-corrected chi connectivity index (χ2v) is 5.75. The van der Waals surface area contributed by atoms with Crippen molar-refractivity contribution in [3.8, 4) is 5.75 Å². The number of hydrogen-bond donors (Lipinski definition) is 1. The second kappa shape index (κ2) is 5.90. The molecular formula is C17H22N2O2. The fraction of sp³-hybridized carbons (Fsp3) is 0.471. The first-order valence-electron chi connectivity index (χ1n) is 7.65. The highest BCUT2D eigenvalue weighted by atomic mass is 16.5. The lowest BCUT2D eigenvalue weighted by Gasteiger charge is -2.09. The van der Waals surface area contributed by atoms with Crippen molar-refractivity contribution in [1.29, 1.82) is 0 Å². The monoisotopic (exact) mass is 286 g/mol. The molecule has 4 nitrogen and oxygen atoms in total. The molecule has 4 heteroatoms. The van der Waals surface area contributed by atoms with E-state index in [0.29, 0.717) is 12.6 Å². The van der Waals surface area contributed by atoms with Crippen LogP contribution in [0, 0.1) is 0 Å². The zero-order chi connectivity index (χ0) is 14.8. The normalized spacial score (nSPS) is 18.5. The quantitative estimate of drug-likeness (QED) is 0.916. The summed E-state index contributed by atoms with van der Waals surface area (Å²) in [5, 5.41) is 14.3. The highest BCUT2D eigenvalue weighted by Gasteiger charge is 2.20. The van der Waals surface area contributed by atoms with Crippen molar-refractivity contribution >= 4 is 0 Å². The van der Waals surface area contributed by atoms with Gasteiger partial charge in [-0.1, -0.05) is 13.0 Å². The van der Waals surface area contributed by atoms with Crippen LogP contribution in [0.5, 0.6) is 5.75 Å². The molecule has 1 aliphatic rings. The summed E-state index contributed by atoms with van der Waals surface area (Å²) in [6.07, 6.45) is 4.51. The average molecular weight is 286 g/mol. The van der Waals surface area contributed by atoms with Gasteiger partial charge in [0.15, 0.2) is 0 Å². The predicted octanol–water partition coefficient (Wildman–Crippen LogP) is 3.41. The van der Waals surface area contributed by atoms with E-state index in [2.05, 4.69) is 18.9 Å². The Bertz CT molecular complexity index is 621. The molecule has 2 aromatic rings. The van der Waals surface area contributed by atoms with Crippen LogP contribution in [-0.4, -0.2) is 14.9 Å². The maximum Gasteiger partial charge on any atom is 0.132 e. The Balaban J connectivity index is 1.64. The van der Waals surface area contributed by atoms with E-state index < -0.39 is 0 Å². The van der Waals surface area contributed by atoms with Gasteiger partial charge in [0, 0.05) is 12.2 Å². The van der Waals surface area contributed by atoms with E-state index in [9.17, 15) is 5.11 Å². The Morgan fingerprint density at radius 2 is 2.29 bits per heavy atom. The van der Waals surface area contributed by atoms with Gasteiger partial charge in [0.2, 0.25) is 0 Å². The van der Waals surface area contributed by atoms with Crippen molar-refractivity contribution in [2.75, 3.05) is 0 Å². The summed E-state index contributed by atoms with van der Waals surface area (Å²) in [6.45, 7) is 4.79. The van der Waals surface area contributed by atoms with Crippen molar-refractivity contribution < 1.29 is 9.84 Å². The Morgan fingerprint density at radius 3 is 3.10 bits per heavy atom. The topological polar surface area (TPSA) is 47.3 Å². The summed E-state index contributed by atoms with van der Waals surface area (Å²) in [7, 11) is 0. The van der Waals surface area contributed by atoms with Gasteiger partial charge in [0.05, 0.1) is 11.8 Å². The van der Waals surface area contributed by atoms with Gasteiger partial charge in [0.25, 0.3) is 0 Å². The molecule has 1 aromatic carbocycles. The molecule has 0 spiro atoms. The minimum absolute atomic E-state index is 0.305. The van der Waals surface area contributed by atoms with Crippen molar-refractivity contribution in [3.05, 3.63) is 47.3 Å². The average Bonchev–Trinajstić information content (AvgIpc) is 3.12. The fourth-order valence-corrected chi connectivity index (χ4v) is 2.71. The number of ether oxygens (including phenoxy) is 1. The van der Waals surface area contributed by atoms with Crippen LogP contribution in [0.1, 0.15) is 55.7 Å². The minimum atomic E-state index is -0.305. The first-order valence-corrected chi connectivity index (χ1v) is 7.65. The van der Waals surface area contributed by atoms with E-state index in [4.69, 9.17) is 4.74 Å². The molecule has 2 atom stereocenters. The van der Waals surface area contributed by atoms with Gasteiger partial charge in [-0.15, -0.1) is 0 Å². The molecule has 1 heterocycles. The number of aromatic nitrogens is 2. The van der Waals surface area contributed by atoms with Crippen molar-refractivity contribution in [1.82, 2.24) is 9.78 Å². The molecule has 3 rings (SSSR count). The summed E-state index contributed by atoms with van der Waals surface area (Å²) < 4.78 is 7.81. The molecule has 0 fully saturated rings. The van der Waals surface area contributed by atoms with Gasteiger partial charge in [-0.05, 0) is 55.5 Å². The molecule has 112 valence electrons. The van der Waals surface area contributed by atoms with Crippen LogP contribution in [0.4, 0.5) is 0 Å². The van der Waals surface area contributed by atoms with Crippen LogP contribution < -0.4 is 4.74 Å². The van der Waals surface area contributed by atoms with Gasteiger partial charge in [-0.25, -0.2) is 0 Å². The first kappa shape index (κ1) is 14.1. The molecule has 2 unspecified atom stereocenters. The number of rotatable bonds is 5. The zero-order valence-electron chi connectivity index (χ0n) is 12.6. The number of aliphatic hydroxyl groups excluding tert-OH is 1. The highest BCUT2D eigenvalue weighted by molar-refractivity contribution is 5.39. The maximum atomic E-state index is 9.80. The van der Waals surface area contributed by atoms with Crippen molar-refractivity contribution in [3.63, 3.8) is 0 Å². The third-order valence-corrected chi connectivity index (χ3v) is 4.25. The molecule has 0 bridgehead atoms. The summed E-state index contributed by atoms with van der Waals surface area (Å²) in [5.74, 6) is 0.848. The van der Waals surface area contributed by atoms with Crippen LogP contribution in [0.25, 0.3) is 0 Å². The van der Waals surface area contributed by atoms with E-state index in [1.807, 2.05) is 35.1 Å². The molecule has 0 saturated heterocycles. The number of hydrogen-bond acceptors (Lipinski definition) is 3. The Morgan fingerprint density at radius 1 is 1.43 bits per heavy atom. The molecule has 21 heavy (non-hydrogen) atoms. The van der Waals surface area contributed by atoms with Crippen LogP contribution >= 0.6 is 0 Å². The van der Waals surface area contributed by atoms with Crippen molar-refractivity contribution in [2.45, 2.75) is 51.9 Å². The fourth-order valence-electron chi connectivity index (χ4n) is 2.71. The molecule has 0 saturated carbocycles. The smallest absolute Gasteiger partial charge is 0.132 e. The second-order valence-electron chi connectivity index (χ2n) is 5.75. The molecule has 0 amide bonds. The molecule has 1 aliphatic carbocycles. The number of aliphatic hydroxyl groups is 1. The number of fused-ring (bicyclic) bond motifs is 1. The third-order valence-electron chi connectivity index (χ3n) is 4.25. The zero-order valence-corrected chi connectivity index (χ0v) is 12.6. The van der Waals surface area contributed by atoms with E-state index in [0.717, 1.165) is 36.3 Å². The summed E-state index contributed by atoms with van der Waals surface area (Å²) in [6, 6.07) is 8.36. The van der Waals surface area contributed by atoms with Gasteiger partial charge >= 0.3 is 0 Å². The summed E-state index contributed by atoms with van der Waals surface area (Å²) in [5.41, 5.74) is 3.18. The molecule has 0 aliphatic heterocycles. The van der Waals surface area contributed by atoms with Gasteiger partial charge in [0.1, 0.15) is 12.4 Å². The third kappa shape index (κ3) is 2.95. The molecule has 0 radical (unpaired) electrons. The SMILES string of the molecule is CCC(C)n1ccc(COc2ccc3c(c2)CCC3O)n1. The first-order chi connectivity index (χ1) is 10.2. The standard InChI is InChI=1S/C17H22N2O2/c1-3-12(2)19-9-8-14(18-19)11-21-15-5-6-16-13(10-15)4-7-17(16)20/h5-6,8-10,12,17,20H,3-4,7,11H2,1-2H3. The van der Waals surface area contributed by atoms with E-state index >= 15 is 0 Å². The minimum Gasteiger partial charge on any atom is -0.487 e. The van der Waals surface area contributed by atoms with Gasteiger partial charge < -0.3 is 9.84 Å². The molecular weight excluding hydrogens is 264 g/mol. The lowest BCUT2D eigenvalue weighted by atomic mass is 10.1. The number of benzene rings is 1. The maximum absolute atomic E-state index is 9.80. The van der Waals surface area contributed by atoms with E-state index in [1.54, 1.807) is 0 Å². The van der Waals surface area contributed by atoms with Crippen LogP contribution in [0.2, 0.25) is 0 Å². The highest BCUT2D eigenvalue weighted by Crippen LogP contribution is 2.33. The van der Waals surface area contributed by atoms with Crippen LogP contribution in [0.15, 0.2) is 30.5 Å². The van der Waals surface area contributed by atoms with Crippen molar-refractivity contribution in [2.24, 2.45) is 0 Å². The van der Waals surface area contributed by atoms with Crippen LogP contribution in [0.3, 0.4) is 0 Å². The Kier molecular flexibility index (Phi) is 3.97. The van der Waals surface area contributed by atoms with Gasteiger partial charge in [-0.3, -0.25) is 4.68 Å². The molecule has 1 N–H and O–H groups in total. The Labute approximate surface area is 125 Å². The lowest BCUT2D eigenvalue weighted by molar-refractivity contribution is 0.180. The van der Waals surface area contributed by atoms with Crippen LogP contribution in [-0.2, 0) is 13.0 Å². The summed E-state index contributed by atoms with van der Waals surface area (Å²) >= 11 is 0. The lowest BCUT2D eigenvalue weighted by Crippen LogP contribution is -2.05. The van der Waals surface area contributed by atoms with E-state index in [-0.39, 0.29) is 6.10 Å². The Hall–Kier alpha value is -1.81. The summed E-state index contributed by atoms with van der Waals surface area (Å²) in [4.78, 5) is 0. The largest absolute Gasteiger partial charge is 0.487 e. The number of aryl methyl sites for hydroxylation is 1. The molecule has 1 aromatic heterocycles. The van der Waals surface area contributed by atoms with Gasteiger partial charge in [-0.2, -0.15) is 5.10 Å². The predicted molar refractivity (Wildman–Crippen MR) is 81.3 cm³/mol. The van der Waals surface area contributed by atoms with E-state index in [1.165, 1.54) is 5.56 Å². The number of nitrogens with zero attached hydrogens (tertiary/aromatic N) is 2.